The van der Waals surface area contributed by atoms with Crippen molar-refractivity contribution < 1.29 is 27.9 Å². The molecule has 1 N–H and O–H groups in total. The first kappa shape index (κ1) is 15.9. The van der Waals surface area contributed by atoms with Crippen molar-refractivity contribution in [2.24, 2.45) is 11.3 Å². The molecule has 21 heavy (non-hydrogen) atoms. The number of carboxylic acid groups (broad SMARTS) is 1. The van der Waals surface area contributed by atoms with Gasteiger partial charge in [0.1, 0.15) is 0 Å². The van der Waals surface area contributed by atoms with Crippen molar-refractivity contribution >= 4 is 12.0 Å². The standard InChI is InChI=1S/C13H19F3N2O3/c1-17(7-9-3-2-4-9)11(21)18-6-5-12(8-18,10(19)20)13(14,15)16/h9H,2-8H2,1H3,(H,19,20). The van der Waals surface area contributed by atoms with Gasteiger partial charge >= 0.3 is 18.2 Å². The lowest BCUT2D eigenvalue weighted by Crippen LogP contribution is -2.49. The van der Waals surface area contributed by atoms with E-state index >= 15 is 0 Å². The number of carbonyl (C=O) groups is 2. The van der Waals surface area contributed by atoms with Crippen LogP contribution in [0.5, 0.6) is 0 Å². The van der Waals surface area contributed by atoms with E-state index in [4.69, 9.17) is 5.11 Å². The third-order valence-corrected chi connectivity index (χ3v) is 4.58. The number of likely N-dealkylation sites (tertiary alicyclic amines) is 1. The maximum Gasteiger partial charge on any atom is 0.406 e. The minimum Gasteiger partial charge on any atom is -0.481 e. The van der Waals surface area contributed by atoms with Crippen LogP contribution in [0.2, 0.25) is 0 Å². The number of rotatable bonds is 3. The zero-order valence-corrected chi connectivity index (χ0v) is 11.8. The van der Waals surface area contributed by atoms with Crippen molar-refractivity contribution in [3.8, 4) is 0 Å². The second-order valence-electron chi connectivity index (χ2n) is 6.02. The lowest BCUT2D eigenvalue weighted by molar-refractivity contribution is -0.227. The molecule has 2 aliphatic rings. The minimum atomic E-state index is -4.86. The molecule has 0 radical (unpaired) electrons. The first-order valence-corrected chi connectivity index (χ1v) is 6.97. The number of aliphatic carboxylic acids is 1. The fourth-order valence-corrected chi connectivity index (χ4v) is 2.88. The maximum atomic E-state index is 13.0. The van der Waals surface area contributed by atoms with Gasteiger partial charge in [0.05, 0.1) is 0 Å². The Balaban J connectivity index is 2.02. The molecule has 0 aromatic rings. The summed E-state index contributed by atoms with van der Waals surface area (Å²) < 4.78 is 39.1. The Labute approximate surface area is 120 Å². The molecule has 2 fully saturated rings. The third kappa shape index (κ3) is 2.80. The first-order valence-electron chi connectivity index (χ1n) is 6.97. The van der Waals surface area contributed by atoms with Crippen LogP contribution in [0.25, 0.3) is 0 Å². The summed E-state index contributed by atoms with van der Waals surface area (Å²) in [5.41, 5.74) is -2.83. The molecule has 1 saturated heterocycles. The maximum absolute atomic E-state index is 13.0. The van der Waals surface area contributed by atoms with Gasteiger partial charge in [-0.3, -0.25) is 4.79 Å². The van der Waals surface area contributed by atoms with Gasteiger partial charge < -0.3 is 14.9 Å². The largest absolute Gasteiger partial charge is 0.481 e. The second-order valence-corrected chi connectivity index (χ2v) is 6.02. The van der Waals surface area contributed by atoms with Crippen LogP contribution in [0.1, 0.15) is 25.7 Å². The number of amides is 2. The monoisotopic (exact) mass is 308 g/mol. The molecule has 1 aliphatic carbocycles. The molecule has 5 nitrogen and oxygen atoms in total. The number of urea groups is 1. The number of carbonyl (C=O) groups excluding carboxylic acids is 1. The smallest absolute Gasteiger partial charge is 0.406 e. The summed E-state index contributed by atoms with van der Waals surface area (Å²) in [7, 11) is 1.55. The minimum absolute atomic E-state index is 0.181. The van der Waals surface area contributed by atoms with Gasteiger partial charge in [-0.1, -0.05) is 6.42 Å². The van der Waals surface area contributed by atoms with Crippen LogP contribution in [0.15, 0.2) is 0 Å². The van der Waals surface area contributed by atoms with Gasteiger partial charge in [0, 0.05) is 26.7 Å². The highest BCUT2D eigenvalue weighted by molar-refractivity contribution is 5.80. The highest BCUT2D eigenvalue weighted by atomic mass is 19.4. The lowest BCUT2D eigenvalue weighted by Gasteiger charge is -2.33. The lowest BCUT2D eigenvalue weighted by atomic mass is 9.85. The summed E-state index contributed by atoms with van der Waals surface area (Å²) in [4.78, 5) is 25.6. The summed E-state index contributed by atoms with van der Waals surface area (Å²) >= 11 is 0. The highest BCUT2D eigenvalue weighted by Gasteiger charge is 2.64. The van der Waals surface area contributed by atoms with Gasteiger partial charge in [-0.15, -0.1) is 0 Å². The fourth-order valence-electron chi connectivity index (χ4n) is 2.88. The van der Waals surface area contributed by atoms with Crippen molar-refractivity contribution in [1.29, 1.82) is 0 Å². The quantitative estimate of drug-likeness (QED) is 0.869. The van der Waals surface area contributed by atoms with Crippen LogP contribution in [-0.2, 0) is 4.79 Å². The molecule has 1 heterocycles. The van der Waals surface area contributed by atoms with Gasteiger partial charge in [0.25, 0.3) is 0 Å². The van der Waals surface area contributed by atoms with Crippen molar-refractivity contribution in [2.45, 2.75) is 31.9 Å². The SMILES string of the molecule is CN(CC1CCC1)C(=O)N1CCC(C(=O)O)(C(F)(F)F)C1. The van der Waals surface area contributed by atoms with E-state index in [0.29, 0.717) is 12.5 Å². The second kappa shape index (κ2) is 5.38. The Bertz CT molecular complexity index is 437. The molecule has 0 bridgehead atoms. The zero-order chi connectivity index (χ0) is 15.8. The average Bonchev–Trinajstić information content (AvgIpc) is 2.78. The Kier molecular flexibility index (Phi) is 4.08. The van der Waals surface area contributed by atoms with Crippen molar-refractivity contribution in [1.82, 2.24) is 9.80 Å². The van der Waals surface area contributed by atoms with E-state index in [1.54, 1.807) is 7.05 Å². The average molecular weight is 308 g/mol. The summed E-state index contributed by atoms with van der Waals surface area (Å²) in [6.07, 6.45) is -2.28. The van der Waals surface area contributed by atoms with Crippen LogP contribution in [0.4, 0.5) is 18.0 Å². The highest BCUT2D eigenvalue weighted by Crippen LogP contribution is 2.45. The van der Waals surface area contributed by atoms with Gasteiger partial charge in [0.2, 0.25) is 0 Å². The van der Waals surface area contributed by atoms with Gasteiger partial charge in [-0.05, 0) is 25.2 Å². The van der Waals surface area contributed by atoms with Gasteiger partial charge in [0.15, 0.2) is 5.41 Å². The van der Waals surface area contributed by atoms with E-state index in [2.05, 4.69) is 0 Å². The molecule has 2 amide bonds. The van der Waals surface area contributed by atoms with E-state index in [1.807, 2.05) is 0 Å². The Morgan fingerprint density at radius 3 is 2.38 bits per heavy atom. The number of hydrogen-bond donors (Lipinski definition) is 1. The van der Waals surface area contributed by atoms with Gasteiger partial charge in [-0.25, -0.2) is 4.79 Å². The molecular formula is C13H19F3N2O3. The molecule has 2 rings (SSSR count). The molecule has 1 atom stereocenters. The third-order valence-electron chi connectivity index (χ3n) is 4.58. The first-order chi connectivity index (χ1) is 9.67. The molecule has 0 aromatic heterocycles. The number of carboxylic acids is 1. The summed E-state index contributed by atoms with van der Waals surface area (Å²) in [5, 5.41) is 8.96. The Morgan fingerprint density at radius 1 is 1.38 bits per heavy atom. The van der Waals surface area contributed by atoms with Gasteiger partial charge in [-0.2, -0.15) is 13.2 Å². The predicted molar refractivity (Wildman–Crippen MR) is 67.7 cm³/mol. The van der Waals surface area contributed by atoms with Crippen LogP contribution < -0.4 is 0 Å². The fraction of sp³-hybridized carbons (Fsp3) is 0.846. The van der Waals surface area contributed by atoms with E-state index in [-0.39, 0.29) is 6.54 Å². The van der Waals surface area contributed by atoms with E-state index < -0.39 is 36.6 Å². The van der Waals surface area contributed by atoms with Crippen molar-refractivity contribution in [3.63, 3.8) is 0 Å². The molecule has 1 saturated carbocycles. The summed E-state index contributed by atoms with van der Waals surface area (Å²) in [5.74, 6) is -1.50. The number of nitrogens with zero attached hydrogens (tertiary/aromatic N) is 2. The topological polar surface area (TPSA) is 60.9 Å². The number of alkyl halides is 3. The normalized spacial score (nSPS) is 26.6. The molecule has 120 valence electrons. The van der Waals surface area contributed by atoms with Crippen LogP contribution in [0.3, 0.4) is 0 Å². The van der Waals surface area contributed by atoms with E-state index in [0.717, 1.165) is 24.2 Å². The molecule has 8 heteroatoms. The summed E-state index contributed by atoms with van der Waals surface area (Å²) in [6, 6.07) is -0.519. The van der Waals surface area contributed by atoms with Crippen LogP contribution in [0, 0.1) is 11.3 Å². The van der Waals surface area contributed by atoms with E-state index in [9.17, 15) is 22.8 Å². The predicted octanol–water partition coefficient (Wildman–Crippen LogP) is 2.18. The van der Waals surface area contributed by atoms with Crippen molar-refractivity contribution in [3.05, 3.63) is 0 Å². The van der Waals surface area contributed by atoms with E-state index in [1.165, 1.54) is 4.90 Å². The Hall–Kier alpha value is -1.47. The molecule has 1 unspecified atom stereocenters. The van der Waals surface area contributed by atoms with Crippen LogP contribution >= 0.6 is 0 Å². The summed E-state index contributed by atoms with van der Waals surface area (Å²) in [6.45, 7) is -0.471. The molecule has 1 aliphatic heterocycles. The zero-order valence-electron chi connectivity index (χ0n) is 11.8. The molecule has 0 spiro atoms. The molecular weight excluding hydrogens is 289 g/mol. The Morgan fingerprint density at radius 2 is 2.00 bits per heavy atom. The van der Waals surface area contributed by atoms with Crippen molar-refractivity contribution in [2.75, 3.05) is 26.7 Å². The number of halogens is 3. The number of hydrogen-bond acceptors (Lipinski definition) is 2. The van der Waals surface area contributed by atoms with Crippen LogP contribution in [-0.4, -0.2) is 59.8 Å². The molecule has 0 aromatic carbocycles.